The molecule has 0 heterocycles. The van der Waals surface area contributed by atoms with E-state index in [0.717, 1.165) is 5.56 Å². The zero-order valence-electron chi connectivity index (χ0n) is 22.6. The van der Waals surface area contributed by atoms with E-state index in [4.69, 9.17) is 4.74 Å². The number of rotatable bonds is 13. The standard InChI is InChI=1S/C29H39N3O6/c1-20(13-16-26(35)30-19-25(34)24(33)15-14-21-9-6-5-7-10-21)18-31-27(36)22-11-8-12-23(17-22)32-28(37)38-29(2,3)4/h5-12,17,20,24,33H,13-16,18-19H2,1-4H3,(H,30,35)(H,31,36)(H,32,37). The van der Waals surface area contributed by atoms with Gasteiger partial charge in [-0.15, -0.1) is 0 Å². The molecule has 2 aromatic rings. The van der Waals surface area contributed by atoms with Gasteiger partial charge in [0.05, 0.1) is 6.54 Å². The van der Waals surface area contributed by atoms with E-state index in [0.29, 0.717) is 37.1 Å². The van der Waals surface area contributed by atoms with Crippen molar-refractivity contribution in [3.05, 3.63) is 65.7 Å². The maximum absolute atomic E-state index is 12.5. The molecule has 38 heavy (non-hydrogen) atoms. The van der Waals surface area contributed by atoms with Crippen LogP contribution in [0.15, 0.2) is 54.6 Å². The minimum absolute atomic E-state index is 0.0138. The van der Waals surface area contributed by atoms with Crippen LogP contribution in [0.25, 0.3) is 0 Å². The number of hydrogen-bond acceptors (Lipinski definition) is 6. The van der Waals surface area contributed by atoms with Crippen LogP contribution in [-0.4, -0.2) is 53.6 Å². The Hall–Kier alpha value is -3.72. The molecule has 0 saturated carbocycles. The highest BCUT2D eigenvalue weighted by Crippen LogP contribution is 2.14. The van der Waals surface area contributed by atoms with E-state index < -0.39 is 23.6 Å². The van der Waals surface area contributed by atoms with Crippen LogP contribution in [0.3, 0.4) is 0 Å². The Bertz CT molecular complexity index is 1080. The first kappa shape index (κ1) is 30.5. The number of carbonyl (C=O) groups is 4. The van der Waals surface area contributed by atoms with E-state index in [1.807, 2.05) is 37.3 Å². The average Bonchev–Trinajstić information content (AvgIpc) is 2.87. The number of Topliss-reactive ketones (excluding diaryl/α,β-unsaturated/α-hetero) is 1. The third-order valence-corrected chi connectivity index (χ3v) is 5.63. The second kappa shape index (κ2) is 14.9. The molecule has 0 aliphatic carbocycles. The van der Waals surface area contributed by atoms with Crippen molar-refractivity contribution in [3.63, 3.8) is 0 Å². The fourth-order valence-corrected chi connectivity index (χ4v) is 3.51. The molecule has 4 N–H and O–H groups in total. The number of aliphatic hydroxyl groups excluding tert-OH is 1. The van der Waals surface area contributed by atoms with Gasteiger partial charge in [-0.05, 0) is 69.7 Å². The minimum Gasteiger partial charge on any atom is -0.444 e. The number of amides is 3. The SMILES string of the molecule is CC(CCC(=O)NCC(=O)C(O)CCc1ccccc1)CNC(=O)c1cccc(NC(=O)OC(C)(C)C)c1. The number of benzene rings is 2. The molecule has 0 fully saturated rings. The van der Waals surface area contributed by atoms with Crippen molar-refractivity contribution in [2.75, 3.05) is 18.4 Å². The van der Waals surface area contributed by atoms with Crippen molar-refractivity contribution in [2.45, 2.75) is 65.1 Å². The topological polar surface area (TPSA) is 134 Å². The highest BCUT2D eigenvalue weighted by molar-refractivity contribution is 5.96. The lowest BCUT2D eigenvalue weighted by Gasteiger charge is -2.19. The molecule has 9 heteroatoms. The summed E-state index contributed by atoms with van der Waals surface area (Å²) in [6, 6.07) is 16.1. The van der Waals surface area contributed by atoms with Crippen LogP contribution in [0, 0.1) is 5.92 Å². The van der Waals surface area contributed by atoms with E-state index in [9.17, 15) is 24.3 Å². The zero-order chi connectivity index (χ0) is 28.1. The van der Waals surface area contributed by atoms with Crippen LogP contribution < -0.4 is 16.0 Å². The second-order valence-electron chi connectivity index (χ2n) is 10.3. The number of carbonyl (C=O) groups excluding carboxylic acids is 4. The maximum atomic E-state index is 12.5. The molecule has 2 unspecified atom stereocenters. The Labute approximate surface area is 224 Å². The number of nitrogens with one attached hydrogen (secondary N) is 3. The molecule has 0 spiro atoms. The number of anilines is 1. The van der Waals surface area contributed by atoms with Crippen LogP contribution in [-0.2, 0) is 20.7 Å². The molecular formula is C29H39N3O6. The lowest BCUT2D eigenvalue weighted by Crippen LogP contribution is -2.36. The van der Waals surface area contributed by atoms with Crippen molar-refractivity contribution >= 4 is 29.4 Å². The van der Waals surface area contributed by atoms with Crippen molar-refractivity contribution in [2.24, 2.45) is 5.92 Å². The summed E-state index contributed by atoms with van der Waals surface area (Å²) in [5.74, 6) is -0.991. The lowest BCUT2D eigenvalue weighted by atomic mass is 10.0. The van der Waals surface area contributed by atoms with Gasteiger partial charge in [0.1, 0.15) is 11.7 Å². The monoisotopic (exact) mass is 525 g/mol. The third-order valence-electron chi connectivity index (χ3n) is 5.63. The average molecular weight is 526 g/mol. The van der Waals surface area contributed by atoms with Gasteiger partial charge in [0.15, 0.2) is 5.78 Å². The predicted octanol–water partition coefficient (Wildman–Crippen LogP) is 3.86. The molecule has 2 aromatic carbocycles. The molecule has 0 aliphatic heterocycles. The summed E-state index contributed by atoms with van der Waals surface area (Å²) in [5, 5.41) is 18.1. The van der Waals surface area contributed by atoms with Crippen molar-refractivity contribution < 1.29 is 29.0 Å². The molecule has 2 rings (SSSR count). The molecule has 2 atom stereocenters. The summed E-state index contributed by atoms with van der Waals surface area (Å²) in [5.41, 5.74) is 1.23. The maximum Gasteiger partial charge on any atom is 0.412 e. The van der Waals surface area contributed by atoms with Gasteiger partial charge in [0, 0.05) is 24.2 Å². The van der Waals surface area contributed by atoms with Crippen LogP contribution in [0.5, 0.6) is 0 Å². The lowest BCUT2D eigenvalue weighted by molar-refractivity contribution is -0.129. The van der Waals surface area contributed by atoms with Crippen LogP contribution >= 0.6 is 0 Å². The molecule has 0 aromatic heterocycles. The summed E-state index contributed by atoms with van der Waals surface area (Å²) < 4.78 is 5.22. The van der Waals surface area contributed by atoms with Crippen molar-refractivity contribution in [1.29, 1.82) is 0 Å². The Morgan fingerprint density at radius 1 is 0.947 bits per heavy atom. The molecule has 9 nitrogen and oxygen atoms in total. The van der Waals surface area contributed by atoms with Crippen molar-refractivity contribution in [3.8, 4) is 0 Å². The summed E-state index contributed by atoms with van der Waals surface area (Å²) >= 11 is 0. The molecular weight excluding hydrogens is 486 g/mol. The number of ether oxygens (including phenoxy) is 1. The van der Waals surface area contributed by atoms with E-state index in [1.165, 1.54) is 0 Å². The summed E-state index contributed by atoms with van der Waals surface area (Å²) in [4.78, 5) is 48.8. The predicted molar refractivity (Wildman–Crippen MR) is 146 cm³/mol. The largest absolute Gasteiger partial charge is 0.444 e. The zero-order valence-corrected chi connectivity index (χ0v) is 22.6. The quantitative estimate of drug-likeness (QED) is 0.314. The van der Waals surface area contributed by atoms with Crippen LogP contribution in [0.1, 0.15) is 62.9 Å². The molecule has 0 saturated heterocycles. The fourth-order valence-electron chi connectivity index (χ4n) is 3.51. The molecule has 0 radical (unpaired) electrons. The molecule has 0 bridgehead atoms. The van der Waals surface area contributed by atoms with E-state index in [1.54, 1.807) is 45.0 Å². The van der Waals surface area contributed by atoms with Gasteiger partial charge < -0.3 is 20.5 Å². The fraction of sp³-hybridized carbons (Fsp3) is 0.448. The van der Waals surface area contributed by atoms with Gasteiger partial charge in [-0.25, -0.2) is 4.79 Å². The van der Waals surface area contributed by atoms with Gasteiger partial charge in [-0.2, -0.15) is 0 Å². The van der Waals surface area contributed by atoms with E-state index in [2.05, 4.69) is 16.0 Å². The first-order valence-corrected chi connectivity index (χ1v) is 12.8. The highest BCUT2D eigenvalue weighted by Gasteiger charge is 2.18. The Balaban J connectivity index is 1.67. The van der Waals surface area contributed by atoms with Gasteiger partial charge in [-0.1, -0.05) is 43.3 Å². The number of aliphatic hydroxyl groups is 1. The third kappa shape index (κ3) is 12.0. The van der Waals surface area contributed by atoms with Gasteiger partial charge in [0.25, 0.3) is 5.91 Å². The second-order valence-corrected chi connectivity index (χ2v) is 10.3. The Morgan fingerprint density at radius 3 is 2.34 bits per heavy atom. The molecule has 206 valence electrons. The highest BCUT2D eigenvalue weighted by atomic mass is 16.6. The first-order valence-electron chi connectivity index (χ1n) is 12.8. The van der Waals surface area contributed by atoms with Gasteiger partial charge >= 0.3 is 6.09 Å². The van der Waals surface area contributed by atoms with E-state index >= 15 is 0 Å². The Kier molecular flexibility index (Phi) is 11.9. The summed E-state index contributed by atoms with van der Waals surface area (Å²) in [6.45, 7) is 7.34. The van der Waals surface area contributed by atoms with Crippen LogP contribution in [0.2, 0.25) is 0 Å². The van der Waals surface area contributed by atoms with Gasteiger partial charge in [-0.3, -0.25) is 19.7 Å². The number of ketones is 1. The minimum atomic E-state index is -1.12. The van der Waals surface area contributed by atoms with Crippen LogP contribution in [0.4, 0.5) is 10.5 Å². The normalized spacial score (nSPS) is 12.7. The van der Waals surface area contributed by atoms with Gasteiger partial charge in [0.2, 0.25) is 5.91 Å². The molecule has 3 amide bonds. The summed E-state index contributed by atoms with van der Waals surface area (Å²) in [7, 11) is 0. The van der Waals surface area contributed by atoms with E-state index in [-0.39, 0.29) is 30.7 Å². The summed E-state index contributed by atoms with van der Waals surface area (Å²) in [6.07, 6.45) is -0.144. The number of hydrogen-bond donors (Lipinski definition) is 4. The first-order chi connectivity index (χ1) is 17.9. The van der Waals surface area contributed by atoms with Crippen molar-refractivity contribution in [1.82, 2.24) is 10.6 Å². The number of aryl methyl sites for hydroxylation is 1. The smallest absolute Gasteiger partial charge is 0.412 e. The Morgan fingerprint density at radius 2 is 1.66 bits per heavy atom. The molecule has 0 aliphatic rings.